The minimum Gasteiger partial charge on any atom is -0.459 e. The average molecular weight is 356 g/mol. The maximum absolute atomic E-state index is 11.6. The van der Waals surface area contributed by atoms with Crippen LogP contribution in [0.5, 0.6) is 0 Å². The second-order valence-electron chi connectivity index (χ2n) is 6.31. The van der Waals surface area contributed by atoms with Gasteiger partial charge in [0, 0.05) is 19.2 Å². The number of nitrogens with one attached hydrogen (secondary N) is 2. The van der Waals surface area contributed by atoms with Crippen LogP contribution in [0, 0.1) is 17.8 Å². The van der Waals surface area contributed by atoms with Crippen molar-refractivity contribution in [2.75, 3.05) is 33.4 Å². The molecule has 8 nitrogen and oxygen atoms in total. The summed E-state index contributed by atoms with van der Waals surface area (Å²) in [6, 6.07) is 0. The van der Waals surface area contributed by atoms with E-state index in [0.717, 1.165) is 25.3 Å². The highest BCUT2D eigenvalue weighted by atomic mass is 16.6. The lowest BCUT2D eigenvalue weighted by Crippen LogP contribution is -2.37. The molecular weight excluding hydrogens is 328 g/mol. The molecule has 8 heteroatoms. The maximum atomic E-state index is 11.6. The van der Waals surface area contributed by atoms with E-state index in [0.29, 0.717) is 30.8 Å². The van der Waals surface area contributed by atoms with Gasteiger partial charge in [-0.1, -0.05) is 13.5 Å². The Kier molecular flexibility index (Phi) is 9.42. The molecule has 0 radical (unpaired) electrons. The number of hydrogen-bond donors (Lipinski definition) is 2. The smallest absolute Gasteiger partial charge is 0.407 e. The Morgan fingerprint density at radius 1 is 1.00 bits per heavy atom. The molecular formula is C17H28N2O6. The van der Waals surface area contributed by atoms with Gasteiger partial charge in [0.25, 0.3) is 0 Å². The van der Waals surface area contributed by atoms with Crippen molar-refractivity contribution in [1.82, 2.24) is 10.6 Å². The van der Waals surface area contributed by atoms with Crippen LogP contribution in [-0.4, -0.2) is 51.6 Å². The highest BCUT2D eigenvalue weighted by molar-refractivity contribution is 5.81. The molecule has 1 aliphatic rings. The molecule has 3 atom stereocenters. The number of carbonyl (C=O) groups is 3. The summed E-state index contributed by atoms with van der Waals surface area (Å²) >= 11 is 0. The molecule has 2 N–H and O–H groups in total. The standard InChI is InChI=1S/C17H28N2O6/c1-4-15(20)24-5-6-25-17(22)19-11-14-8-12(2)7-13(9-14)10-18-16(21)23-3/h4,12-14H,1,5-11H2,2-3H3,(H,18,21)(H,19,22). The molecule has 0 spiro atoms. The van der Waals surface area contributed by atoms with Crippen molar-refractivity contribution in [2.24, 2.45) is 17.8 Å². The lowest BCUT2D eigenvalue weighted by Gasteiger charge is -2.33. The van der Waals surface area contributed by atoms with Gasteiger partial charge in [0.2, 0.25) is 0 Å². The predicted molar refractivity (Wildman–Crippen MR) is 90.9 cm³/mol. The summed E-state index contributed by atoms with van der Waals surface area (Å²) in [4.78, 5) is 33.7. The Morgan fingerprint density at radius 2 is 1.56 bits per heavy atom. The fraction of sp³-hybridized carbons (Fsp3) is 0.706. The Hall–Kier alpha value is -2.25. The number of carbonyl (C=O) groups excluding carboxylic acids is 3. The van der Waals surface area contributed by atoms with E-state index in [2.05, 4.69) is 28.9 Å². The van der Waals surface area contributed by atoms with Crippen LogP contribution in [0.15, 0.2) is 12.7 Å². The van der Waals surface area contributed by atoms with Gasteiger partial charge in [-0.05, 0) is 37.0 Å². The Morgan fingerprint density at radius 3 is 2.12 bits per heavy atom. The van der Waals surface area contributed by atoms with Gasteiger partial charge in [0.15, 0.2) is 0 Å². The minimum absolute atomic E-state index is 0.00000759. The van der Waals surface area contributed by atoms with Crippen molar-refractivity contribution in [3.05, 3.63) is 12.7 Å². The molecule has 0 aromatic rings. The second kappa shape index (κ2) is 11.3. The van der Waals surface area contributed by atoms with Gasteiger partial charge < -0.3 is 24.8 Å². The average Bonchev–Trinajstić information content (AvgIpc) is 2.60. The topological polar surface area (TPSA) is 103 Å². The number of alkyl carbamates (subject to hydrolysis) is 2. The molecule has 142 valence electrons. The summed E-state index contributed by atoms with van der Waals surface area (Å²) < 4.78 is 14.2. The van der Waals surface area contributed by atoms with E-state index in [1.807, 2.05) is 0 Å². The first-order valence-corrected chi connectivity index (χ1v) is 8.46. The minimum atomic E-state index is -0.549. The third kappa shape index (κ3) is 8.97. The van der Waals surface area contributed by atoms with Crippen molar-refractivity contribution in [1.29, 1.82) is 0 Å². The lowest BCUT2D eigenvalue weighted by molar-refractivity contribution is -0.138. The summed E-state index contributed by atoms with van der Waals surface area (Å²) in [6.07, 6.45) is 3.08. The van der Waals surface area contributed by atoms with E-state index in [1.54, 1.807) is 0 Å². The third-order valence-electron chi connectivity index (χ3n) is 4.12. The molecule has 0 saturated heterocycles. The Bertz CT molecular complexity index is 468. The highest BCUT2D eigenvalue weighted by Crippen LogP contribution is 2.32. The fourth-order valence-electron chi connectivity index (χ4n) is 3.15. The number of ether oxygens (including phenoxy) is 3. The zero-order valence-corrected chi connectivity index (χ0v) is 14.9. The van der Waals surface area contributed by atoms with Gasteiger partial charge in [-0.25, -0.2) is 14.4 Å². The van der Waals surface area contributed by atoms with Crippen molar-refractivity contribution in [3.8, 4) is 0 Å². The molecule has 3 unspecified atom stereocenters. The summed E-state index contributed by atoms with van der Waals surface area (Å²) in [7, 11) is 1.34. The lowest BCUT2D eigenvalue weighted by atomic mass is 9.76. The number of rotatable bonds is 8. The number of hydrogen-bond acceptors (Lipinski definition) is 6. The molecule has 0 aromatic heterocycles. The summed E-state index contributed by atoms with van der Waals surface area (Å²) in [5, 5.41) is 5.47. The van der Waals surface area contributed by atoms with Gasteiger partial charge in [0.05, 0.1) is 7.11 Å². The number of methoxy groups -OCH3 is 1. The molecule has 1 aliphatic carbocycles. The molecule has 1 fully saturated rings. The van der Waals surface area contributed by atoms with Gasteiger partial charge >= 0.3 is 18.2 Å². The van der Waals surface area contributed by atoms with Crippen LogP contribution in [0.2, 0.25) is 0 Å². The Labute approximate surface area is 148 Å². The largest absolute Gasteiger partial charge is 0.459 e. The van der Waals surface area contributed by atoms with Crippen LogP contribution in [0.4, 0.5) is 9.59 Å². The monoisotopic (exact) mass is 356 g/mol. The summed E-state index contributed by atoms with van der Waals surface area (Å²) in [5.74, 6) is 0.675. The maximum Gasteiger partial charge on any atom is 0.407 e. The van der Waals surface area contributed by atoms with Crippen LogP contribution >= 0.6 is 0 Å². The molecule has 1 rings (SSSR count). The SMILES string of the molecule is C=CC(=O)OCCOC(=O)NCC1CC(C)CC(CNC(=O)OC)C1. The number of amides is 2. The van der Waals surface area contributed by atoms with E-state index in [-0.39, 0.29) is 13.2 Å². The van der Waals surface area contributed by atoms with Gasteiger partial charge in [-0.3, -0.25) is 0 Å². The zero-order chi connectivity index (χ0) is 18.7. The van der Waals surface area contributed by atoms with Crippen molar-refractivity contribution in [2.45, 2.75) is 26.2 Å². The van der Waals surface area contributed by atoms with E-state index >= 15 is 0 Å². The Balaban J connectivity index is 2.23. The zero-order valence-electron chi connectivity index (χ0n) is 14.9. The summed E-state index contributed by atoms with van der Waals surface area (Å²) in [5.41, 5.74) is 0. The van der Waals surface area contributed by atoms with Crippen molar-refractivity contribution < 1.29 is 28.6 Å². The van der Waals surface area contributed by atoms with Gasteiger partial charge in [-0.2, -0.15) is 0 Å². The third-order valence-corrected chi connectivity index (χ3v) is 4.12. The van der Waals surface area contributed by atoms with E-state index < -0.39 is 18.2 Å². The normalized spacial score (nSPS) is 22.4. The molecule has 0 heterocycles. The molecule has 0 bridgehead atoms. The van der Waals surface area contributed by atoms with E-state index in [4.69, 9.17) is 9.47 Å². The van der Waals surface area contributed by atoms with Crippen LogP contribution in [0.25, 0.3) is 0 Å². The molecule has 2 amide bonds. The highest BCUT2D eigenvalue weighted by Gasteiger charge is 2.27. The van der Waals surface area contributed by atoms with Crippen molar-refractivity contribution in [3.63, 3.8) is 0 Å². The van der Waals surface area contributed by atoms with Gasteiger partial charge in [0.1, 0.15) is 13.2 Å². The molecule has 25 heavy (non-hydrogen) atoms. The first-order valence-electron chi connectivity index (χ1n) is 8.46. The van der Waals surface area contributed by atoms with E-state index in [1.165, 1.54) is 7.11 Å². The van der Waals surface area contributed by atoms with Crippen LogP contribution in [-0.2, 0) is 19.0 Å². The second-order valence-corrected chi connectivity index (χ2v) is 6.31. The molecule has 1 saturated carbocycles. The van der Waals surface area contributed by atoms with Crippen LogP contribution in [0.3, 0.4) is 0 Å². The van der Waals surface area contributed by atoms with Crippen LogP contribution < -0.4 is 10.6 Å². The molecule has 0 aliphatic heterocycles. The first kappa shape index (κ1) is 20.8. The quantitative estimate of drug-likeness (QED) is 0.298. The van der Waals surface area contributed by atoms with Crippen LogP contribution in [0.1, 0.15) is 26.2 Å². The van der Waals surface area contributed by atoms with E-state index in [9.17, 15) is 14.4 Å². The number of esters is 1. The fourth-order valence-corrected chi connectivity index (χ4v) is 3.15. The molecule has 0 aromatic carbocycles. The van der Waals surface area contributed by atoms with Gasteiger partial charge in [-0.15, -0.1) is 0 Å². The first-order chi connectivity index (χ1) is 11.9. The van der Waals surface area contributed by atoms with Crippen molar-refractivity contribution >= 4 is 18.2 Å². The summed E-state index contributed by atoms with van der Waals surface area (Å²) in [6.45, 7) is 6.53. The predicted octanol–water partition coefficient (Wildman–Crippen LogP) is 1.85.